The van der Waals surface area contributed by atoms with Crippen molar-refractivity contribution in [3.05, 3.63) is 43.0 Å². The maximum absolute atomic E-state index is 12.3. The molecule has 5 atom stereocenters. The highest BCUT2D eigenvalue weighted by atomic mass is 32.2. The molecule has 5 heteroatoms. The Morgan fingerprint density at radius 1 is 1.09 bits per heavy atom. The van der Waals surface area contributed by atoms with Gasteiger partial charge in [-0.25, -0.2) is 8.42 Å². The first kappa shape index (κ1) is 18.9. The van der Waals surface area contributed by atoms with E-state index in [0.717, 1.165) is 0 Å². The topological polar surface area (TPSA) is 74.6 Å². The Morgan fingerprint density at radius 2 is 1.64 bits per heavy atom. The zero-order valence-corrected chi connectivity index (χ0v) is 14.2. The van der Waals surface area contributed by atoms with E-state index in [9.17, 15) is 18.6 Å². The van der Waals surface area contributed by atoms with Gasteiger partial charge in [-0.2, -0.15) is 0 Å². The zero-order valence-electron chi connectivity index (χ0n) is 13.4. The van der Waals surface area contributed by atoms with Gasteiger partial charge in [0, 0.05) is 11.8 Å². The summed E-state index contributed by atoms with van der Waals surface area (Å²) in [5.74, 6) is -1.24. The number of benzene rings is 1. The molecule has 0 aliphatic rings. The molecule has 0 radical (unpaired) electrons. The van der Waals surface area contributed by atoms with Crippen LogP contribution in [-0.4, -0.2) is 36.6 Å². The van der Waals surface area contributed by atoms with Crippen LogP contribution in [-0.2, 0) is 9.84 Å². The number of aliphatic hydroxyl groups is 2. The summed E-state index contributed by atoms with van der Waals surface area (Å²) in [5, 5.41) is 20.5. The fourth-order valence-electron chi connectivity index (χ4n) is 2.51. The minimum Gasteiger partial charge on any atom is -0.392 e. The van der Waals surface area contributed by atoms with Crippen molar-refractivity contribution in [2.24, 2.45) is 17.8 Å². The van der Waals surface area contributed by atoms with Crippen molar-refractivity contribution in [2.75, 3.05) is 5.75 Å². The zero-order chi connectivity index (χ0) is 16.9. The van der Waals surface area contributed by atoms with Crippen molar-refractivity contribution in [3.8, 4) is 0 Å². The summed E-state index contributed by atoms with van der Waals surface area (Å²) < 4.78 is 24.7. The van der Waals surface area contributed by atoms with Gasteiger partial charge in [0.25, 0.3) is 0 Å². The quantitative estimate of drug-likeness (QED) is 0.719. The van der Waals surface area contributed by atoms with Crippen LogP contribution in [0.25, 0.3) is 0 Å². The highest BCUT2D eigenvalue weighted by Gasteiger charge is 2.32. The first-order chi connectivity index (χ1) is 10.2. The van der Waals surface area contributed by atoms with E-state index in [4.69, 9.17) is 0 Å². The first-order valence-electron chi connectivity index (χ1n) is 7.47. The molecule has 0 aromatic heterocycles. The van der Waals surface area contributed by atoms with E-state index >= 15 is 0 Å². The van der Waals surface area contributed by atoms with Gasteiger partial charge in [-0.15, -0.1) is 6.58 Å². The van der Waals surface area contributed by atoms with Gasteiger partial charge in [-0.1, -0.05) is 45.0 Å². The number of aliphatic hydroxyl groups excluding tert-OH is 2. The van der Waals surface area contributed by atoms with E-state index in [1.165, 1.54) is 0 Å². The lowest BCUT2D eigenvalue weighted by Gasteiger charge is -2.30. The largest absolute Gasteiger partial charge is 0.392 e. The van der Waals surface area contributed by atoms with Gasteiger partial charge in [-0.05, 0) is 18.1 Å². The molecule has 1 unspecified atom stereocenters. The lowest BCUT2D eigenvalue weighted by atomic mass is 9.85. The third kappa shape index (κ3) is 4.66. The van der Waals surface area contributed by atoms with Crippen LogP contribution in [0.15, 0.2) is 47.9 Å². The standard InChI is InChI=1S/C17H26O4S/c1-5-12(2)16(18)14(4)17(19)13(3)11-22(20,21)15-9-7-6-8-10-15/h5-10,12-14,16-19H,1,11H2,2-4H3/t12-,13+,14-,16-,17?/m0/s1. The van der Waals surface area contributed by atoms with Gasteiger partial charge in [0.2, 0.25) is 0 Å². The molecule has 4 nitrogen and oxygen atoms in total. The second-order valence-corrected chi connectivity index (χ2v) is 8.04. The number of rotatable bonds is 8. The molecule has 0 aliphatic heterocycles. The van der Waals surface area contributed by atoms with Crippen molar-refractivity contribution < 1.29 is 18.6 Å². The van der Waals surface area contributed by atoms with E-state index in [0.29, 0.717) is 0 Å². The summed E-state index contributed by atoms with van der Waals surface area (Å²) in [6, 6.07) is 8.20. The number of hydrogen-bond donors (Lipinski definition) is 2. The van der Waals surface area contributed by atoms with Crippen molar-refractivity contribution in [2.45, 2.75) is 37.9 Å². The molecule has 0 fully saturated rings. The summed E-state index contributed by atoms with van der Waals surface area (Å²) in [6.07, 6.45) is -0.0375. The van der Waals surface area contributed by atoms with Crippen LogP contribution in [0.2, 0.25) is 0 Å². The first-order valence-corrected chi connectivity index (χ1v) is 9.12. The SMILES string of the molecule is C=C[C@H](C)[C@H](O)[C@H](C)C(O)[C@H](C)CS(=O)(=O)c1ccccc1. The van der Waals surface area contributed by atoms with Gasteiger partial charge in [0.1, 0.15) is 0 Å². The minimum atomic E-state index is -3.45. The molecule has 0 spiro atoms. The second kappa shape index (κ2) is 7.90. The Labute approximate surface area is 133 Å². The van der Waals surface area contributed by atoms with Crippen LogP contribution in [0, 0.1) is 17.8 Å². The maximum Gasteiger partial charge on any atom is 0.178 e. The summed E-state index contributed by atoms with van der Waals surface area (Å²) >= 11 is 0. The molecule has 2 N–H and O–H groups in total. The van der Waals surface area contributed by atoms with E-state index < -0.39 is 33.9 Å². The van der Waals surface area contributed by atoms with Gasteiger partial charge in [0.05, 0.1) is 22.9 Å². The van der Waals surface area contributed by atoms with E-state index in [-0.39, 0.29) is 16.6 Å². The van der Waals surface area contributed by atoms with Crippen LogP contribution in [0.5, 0.6) is 0 Å². The summed E-state index contributed by atoms with van der Waals surface area (Å²) in [6.45, 7) is 8.85. The molecule has 1 rings (SSSR count). The predicted octanol–water partition coefficient (Wildman–Crippen LogP) is 2.28. The molecule has 1 aromatic rings. The molecular weight excluding hydrogens is 300 g/mol. The van der Waals surface area contributed by atoms with Crippen LogP contribution >= 0.6 is 0 Å². The number of sulfone groups is 1. The molecule has 124 valence electrons. The van der Waals surface area contributed by atoms with E-state index in [1.54, 1.807) is 50.3 Å². The van der Waals surface area contributed by atoms with E-state index in [1.807, 2.05) is 6.92 Å². The van der Waals surface area contributed by atoms with Crippen LogP contribution < -0.4 is 0 Å². The van der Waals surface area contributed by atoms with Crippen LogP contribution in [0.1, 0.15) is 20.8 Å². The Balaban J connectivity index is 2.79. The lowest BCUT2D eigenvalue weighted by Crippen LogP contribution is -2.39. The van der Waals surface area contributed by atoms with Crippen molar-refractivity contribution >= 4 is 9.84 Å². The Morgan fingerprint density at radius 3 is 2.14 bits per heavy atom. The maximum atomic E-state index is 12.3. The molecule has 0 amide bonds. The predicted molar refractivity (Wildman–Crippen MR) is 88.2 cm³/mol. The summed E-state index contributed by atoms with van der Waals surface area (Å²) in [7, 11) is -3.45. The second-order valence-electron chi connectivity index (χ2n) is 6.01. The molecule has 22 heavy (non-hydrogen) atoms. The normalized spacial score (nSPS) is 19.0. The molecule has 0 bridgehead atoms. The molecular formula is C17H26O4S. The average molecular weight is 326 g/mol. The van der Waals surface area contributed by atoms with Crippen LogP contribution in [0.3, 0.4) is 0 Å². The molecule has 0 aliphatic carbocycles. The van der Waals surface area contributed by atoms with E-state index in [2.05, 4.69) is 6.58 Å². The fourth-order valence-corrected chi connectivity index (χ4v) is 4.16. The van der Waals surface area contributed by atoms with Crippen molar-refractivity contribution in [3.63, 3.8) is 0 Å². The molecule has 1 aromatic carbocycles. The average Bonchev–Trinajstić information content (AvgIpc) is 2.52. The summed E-state index contributed by atoms with van der Waals surface area (Å²) in [5.41, 5.74) is 0. The van der Waals surface area contributed by atoms with Gasteiger partial charge in [-0.3, -0.25) is 0 Å². The van der Waals surface area contributed by atoms with Crippen molar-refractivity contribution in [1.82, 2.24) is 0 Å². The molecule has 0 saturated carbocycles. The highest BCUT2D eigenvalue weighted by Crippen LogP contribution is 2.24. The Hall–Kier alpha value is -1.17. The number of hydrogen-bond acceptors (Lipinski definition) is 4. The smallest absolute Gasteiger partial charge is 0.178 e. The third-order valence-electron chi connectivity index (χ3n) is 4.16. The van der Waals surface area contributed by atoms with Gasteiger partial charge in [0.15, 0.2) is 9.84 Å². The molecule has 0 saturated heterocycles. The third-order valence-corrected chi connectivity index (χ3v) is 6.11. The highest BCUT2D eigenvalue weighted by molar-refractivity contribution is 7.91. The Kier molecular flexibility index (Phi) is 6.78. The minimum absolute atomic E-state index is 0.155. The van der Waals surface area contributed by atoms with Crippen molar-refractivity contribution in [1.29, 1.82) is 0 Å². The lowest BCUT2D eigenvalue weighted by molar-refractivity contribution is -0.0159. The Bertz CT molecular complexity index is 568. The fraction of sp³-hybridized carbons (Fsp3) is 0.529. The molecule has 0 heterocycles. The van der Waals surface area contributed by atoms with Crippen LogP contribution in [0.4, 0.5) is 0 Å². The van der Waals surface area contributed by atoms with Gasteiger partial charge >= 0.3 is 0 Å². The van der Waals surface area contributed by atoms with Gasteiger partial charge < -0.3 is 10.2 Å². The summed E-state index contributed by atoms with van der Waals surface area (Å²) in [4.78, 5) is 0.252. The monoisotopic (exact) mass is 326 g/mol.